The molecule has 20 heavy (non-hydrogen) atoms. The second kappa shape index (κ2) is 7.64. The number of benzene rings is 1. The molecule has 4 nitrogen and oxygen atoms in total. The zero-order chi connectivity index (χ0) is 15.3. The zero-order valence-electron chi connectivity index (χ0n) is 12.3. The number of aliphatic hydroxyl groups excluding tert-OH is 1. The maximum Gasteiger partial charge on any atom is 0.260 e. The average Bonchev–Trinajstić information content (AvgIpc) is 2.38. The van der Waals surface area contributed by atoms with Gasteiger partial charge in [0.1, 0.15) is 5.75 Å². The van der Waals surface area contributed by atoms with Crippen molar-refractivity contribution in [3.05, 3.63) is 28.2 Å². The van der Waals surface area contributed by atoms with Crippen LogP contribution in [0.2, 0.25) is 0 Å². The number of hydrogen-bond acceptors (Lipinski definition) is 3. The van der Waals surface area contributed by atoms with E-state index in [0.717, 1.165) is 10.9 Å². The highest BCUT2D eigenvalue weighted by molar-refractivity contribution is 9.10. The number of nitrogens with one attached hydrogen (secondary N) is 1. The molecule has 5 heteroatoms. The van der Waals surface area contributed by atoms with Crippen LogP contribution < -0.4 is 10.1 Å². The van der Waals surface area contributed by atoms with Gasteiger partial charge in [0.25, 0.3) is 5.91 Å². The molecule has 1 aromatic carbocycles. The fourth-order valence-electron chi connectivity index (χ4n) is 1.66. The van der Waals surface area contributed by atoms with Crippen LogP contribution in [0.3, 0.4) is 0 Å². The first-order valence-corrected chi connectivity index (χ1v) is 7.59. The van der Waals surface area contributed by atoms with Crippen LogP contribution in [0.4, 0.5) is 0 Å². The maximum absolute atomic E-state index is 12.0. The zero-order valence-corrected chi connectivity index (χ0v) is 13.9. The van der Waals surface area contributed by atoms with Gasteiger partial charge < -0.3 is 15.2 Å². The molecule has 0 heterocycles. The highest BCUT2D eigenvalue weighted by Gasteiger charge is 2.19. The van der Waals surface area contributed by atoms with Gasteiger partial charge in [-0.1, -0.05) is 28.9 Å². The molecule has 0 aliphatic heterocycles. The van der Waals surface area contributed by atoms with E-state index in [1.165, 1.54) is 0 Å². The number of rotatable bonds is 6. The molecular weight excluding hydrogens is 322 g/mol. The fourth-order valence-corrected chi connectivity index (χ4v) is 2.00. The minimum atomic E-state index is -0.650. The van der Waals surface area contributed by atoms with E-state index in [0.29, 0.717) is 11.3 Å². The van der Waals surface area contributed by atoms with Crippen molar-refractivity contribution in [2.24, 2.45) is 0 Å². The largest absolute Gasteiger partial charge is 0.480 e. The van der Waals surface area contributed by atoms with E-state index in [1.807, 2.05) is 19.9 Å². The van der Waals surface area contributed by atoms with Gasteiger partial charge in [-0.2, -0.15) is 0 Å². The third-order valence-corrected chi connectivity index (χ3v) is 3.59. The Balaban J connectivity index is 2.81. The van der Waals surface area contributed by atoms with Crippen molar-refractivity contribution in [2.45, 2.75) is 52.4 Å². The molecule has 3 unspecified atom stereocenters. The summed E-state index contributed by atoms with van der Waals surface area (Å²) in [6.45, 7) is 7.33. The minimum absolute atomic E-state index is 0.118. The third-order valence-electron chi connectivity index (χ3n) is 3.10. The molecule has 0 bridgehead atoms. The number of carbonyl (C=O) groups excluding carboxylic acids is 1. The molecule has 1 rings (SSSR count). The highest BCUT2D eigenvalue weighted by Crippen LogP contribution is 2.29. The third kappa shape index (κ3) is 4.80. The first kappa shape index (κ1) is 17.0. The SMILES string of the molecule is CCC(C)NC(=O)C(C)Oc1cc(Br)ccc1C(C)O. The molecule has 0 fully saturated rings. The van der Waals surface area contributed by atoms with E-state index in [2.05, 4.69) is 21.2 Å². The predicted molar refractivity (Wildman–Crippen MR) is 82.8 cm³/mol. The quantitative estimate of drug-likeness (QED) is 0.833. The molecule has 0 aliphatic carbocycles. The number of carbonyl (C=O) groups is 1. The van der Waals surface area contributed by atoms with Gasteiger partial charge >= 0.3 is 0 Å². The van der Waals surface area contributed by atoms with Crippen molar-refractivity contribution < 1.29 is 14.6 Å². The van der Waals surface area contributed by atoms with Gasteiger partial charge in [0.05, 0.1) is 6.10 Å². The molecular formula is C15H22BrNO3. The Kier molecular flexibility index (Phi) is 6.49. The summed E-state index contributed by atoms with van der Waals surface area (Å²) in [5, 5.41) is 12.6. The molecule has 112 valence electrons. The van der Waals surface area contributed by atoms with Crippen LogP contribution in [-0.2, 0) is 4.79 Å². The molecule has 0 spiro atoms. The lowest BCUT2D eigenvalue weighted by molar-refractivity contribution is -0.127. The highest BCUT2D eigenvalue weighted by atomic mass is 79.9. The van der Waals surface area contributed by atoms with Gasteiger partial charge in [-0.25, -0.2) is 0 Å². The van der Waals surface area contributed by atoms with E-state index < -0.39 is 12.2 Å². The molecule has 0 aromatic heterocycles. The van der Waals surface area contributed by atoms with Crippen molar-refractivity contribution in [1.29, 1.82) is 0 Å². The van der Waals surface area contributed by atoms with Crippen molar-refractivity contribution in [1.82, 2.24) is 5.32 Å². The van der Waals surface area contributed by atoms with Crippen LogP contribution in [0, 0.1) is 0 Å². The Morgan fingerprint density at radius 1 is 1.40 bits per heavy atom. The lowest BCUT2D eigenvalue weighted by Crippen LogP contribution is -2.41. The van der Waals surface area contributed by atoms with Gasteiger partial charge in [0, 0.05) is 16.1 Å². The van der Waals surface area contributed by atoms with E-state index in [9.17, 15) is 9.90 Å². The van der Waals surface area contributed by atoms with Gasteiger partial charge in [-0.3, -0.25) is 4.79 Å². The van der Waals surface area contributed by atoms with Gasteiger partial charge in [0.2, 0.25) is 0 Å². The second-order valence-electron chi connectivity index (χ2n) is 4.94. The van der Waals surface area contributed by atoms with Gasteiger partial charge in [0.15, 0.2) is 6.10 Å². The Bertz CT molecular complexity index is 462. The van der Waals surface area contributed by atoms with Crippen LogP contribution in [0.1, 0.15) is 45.8 Å². The van der Waals surface area contributed by atoms with Crippen molar-refractivity contribution >= 4 is 21.8 Å². The molecule has 1 aromatic rings. The smallest absolute Gasteiger partial charge is 0.260 e. The van der Waals surface area contributed by atoms with Crippen LogP contribution in [0.15, 0.2) is 22.7 Å². The fraction of sp³-hybridized carbons (Fsp3) is 0.533. The van der Waals surface area contributed by atoms with Crippen LogP contribution in [0.5, 0.6) is 5.75 Å². The molecule has 3 atom stereocenters. The van der Waals surface area contributed by atoms with Crippen LogP contribution >= 0.6 is 15.9 Å². The average molecular weight is 344 g/mol. The number of halogens is 1. The van der Waals surface area contributed by atoms with E-state index >= 15 is 0 Å². The summed E-state index contributed by atoms with van der Waals surface area (Å²) in [5.74, 6) is 0.358. The number of ether oxygens (including phenoxy) is 1. The molecule has 0 saturated heterocycles. The van der Waals surface area contributed by atoms with Gasteiger partial charge in [-0.15, -0.1) is 0 Å². The van der Waals surface area contributed by atoms with Crippen molar-refractivity contribution in [2.75, 3.05) is 0 Å². The topological polar surface area (TPSA) is 58.6 Å². The summed E-state index contributed by atoms with van der Waals surface area (Å²) in [4.78, 5) is 12.0. The van der Waals surface area contributed by atoms with E-state index in [4.69, 9.17) is 4.74 Å². The van der Waals surface area contributed by atoms with E-state index in [1.54, 1.807) is 26.0 Å². The molecule has 0 aliphatic rings. The lowest BCUT2D eigenvalue weighted by Gasteiger charge is -2.20. The maximum atomic E-state index is 12.0. The first-order valence-electron chi connectivity index (χ1n) is 6.79. The molecule has 2 N–H and O–H groups in total. The Morgan fingerprint density at radius 2 is 2.05 bits per heavy atom. The predicted octanol–water partition coefficient (Wildman–Crippen LogP) is 3.18. The second-order valence-corrected chi connectivity index (χ2v) is 5.85. The number of amides is 1. The molecule has 0 saturated carbocycles. The monoisotopic (exact) mass is 343 g/mol. The summed E-state index contributed by atoms with van der Waals surface area (Å²) in [6, 6.07) is 5.49. The Hall–Kier alpha value is -1.07. The summed E-state index contributed by atoms with van der Waals surface area (Å²) < 4.78 is 6.53. The first-order chi connectivity index (χ1) is 9.35. The van der Waals surface area contributed by atoms with Gasteiger partial charge in [-0.05, 0) is 39.3 Å². The minimum Gasteiger partial charge on any atom is -0.480 e. The normalized spacial score (nSPS) is 15.3. The molecule has 0 radical (unpaired) electrons. The van der Waals surface area contributed by atoms with Crippen molar-refractivity contribution in [3.63, 3.8) is 0 Å². The number of hydrogen-bond donors (Lipinski definition) is 2. The van der Waals surface area contributed by atoms with Crippen LogP contribution in [-0.4, -0.2) is 23.2 Å². The Morgan fingerprint density at radius 3 is 2.60 bits per heavy atom. The lowest BCUT2D eigenvalue weighted by atomic mass is 10.1. The van der Waals surface area contributed by atoms with Crippen molar-refractivity contribution in [3.8, 4) is 5.75 Å². The molecule has 1 amide bonds. The summed E-state index contributed by atoms with van der Waals surface area (Å²) >= 11 is 3.36. The summed E-state index contributed by atoms with van der Waals surface area (Å²) in [6.07, 6.45) is -0.396. The van der Waals surface area contributed by atoms with E-state index in [-0.39, 0.29) is 11.9 Å². The standard InChI is InChI=1S/C15H22BrNO3/c1-5-9(2)17-15(19)11(4)20-14-8-12(16)6-7-13(14)10(3)18/h6-11,18H,5H2,1-4H3,(H,17,19). The Labute approximate surface area is 128 Å². The van der Waals surface area contributed by atoms with Crippen LogP contribution in [0.25, 0.3) is 0 Å². The summed E-state index contributed by atoms with van der Waals surface area (Å²) in [7, 11) is 0. The summed E-state index contributed by atoms with van der Waals surface area (Å²) in [5.41, 5.74) is 0.663. The number of aliphatic hydroxyl groups is 1.